The van der Waals surface area contributed by atoms with E-state index in [2.05, 4.69) is 5.32 Å². The van der Waals surface area contributed by atoms with Gasteiger partial charge in [-0.05, 0) is 6.54 Å². The molecule has 0 amide bonds. The van der Waals surface area contributed by atoms with Gasteiger partial charge in [0, 0.05) is 25.6 Å². The Morgan fingerprint density at radius 1 is 1.31 bits per heavy atom. The van der Waals surface area contributed by atoms with E-state index in [1.807, 2.05) is 6.92 Å². The number of ketones is 1. The number of nitrogens with one attached hydrogen (secondary N) is 1. The summed E-state index contributed by atoms with van der Waals surface area (Å²) in [5.41, 5.74) is 0. The molecule has 5 heteroatoms. The standard InChI is InChI=1S/C8H17NO3S/c1-3-9-6-4-8(10)5-7-13(2,11)12/h9H,3-7H2,1-2H3. The Morgan fingerprint density at radius 2 is 1.92 bits per heavy atom. The number of hydrogen-bond acceptors (Lipinski definition) is 4. The van der Waals surface area contributed by atoms with E-state index >= 15 is 0 Å². The number of carbonyl (C=O) groups is 1. The molecule has 0 saturated carbocycles. The maximum Gasteiger partial charge on any atom is 0.147 e. The molecule has 1 N–H and O–H groups in total. The van der Waals surface area contributed by atoms with Gasteiger partial charge in [0.25, 0.3) is 0 Å². The van der Waals surface area contributed by atoms with Crippen LogP contribution in [0.5, 0.6) is 0 Å². The van der Waals surface area contributed by atoms with Gasteiger partial charge in [-0.1, -0.05) is 6.92 Å². The van der Waals surface area contributed by atoms with Crippen LogP contribution in [0.4, 0.5) is 0 Å². The molecule has 13 heavy (non-hydrogen) atoms. The summed E-state index contributed by atoms with van der Waals surface area (Å²) in [6.45, 7) is 3.43. The van der Waals surface area contributed by atoms with Crippen LogP contribution in [0.2, 0.25) is 0 Å². The number of rotatable bonds is 7. The second-order valence-corrected chi connectivity index (χ2v) is 5.28. The van der Waals surface area contributed by atoms with Gasteiger partial charge >= 0.3 is 0 Å². The van der Waals surface area contributed by atoms with E-state index in [0.29, 0.717) is 13.0 Å². The molecule has 4 nitrogen and oxygen atoms in total. The van der Waals surface area contributed by atoms with Crippen molar-refractivity contribution in [1.29, 1.82) is 0 Å². The smallest absolute Gasteiger partial charge is 0.147 e. The summed E-state index contributed by atoms with van der Waals surface area (Å²) < 4.78 is 21.4. The highest BCUT2D eigenvalue weighted by Gasteiger charge is 2.07. The summed E-state index contributed by atoms with van der Waals surface area (Å²) in [5, 5.41) is 3.01. The topological polar surface area (TPSA) is 63.2 Å². The fraction of sp³-hybridized carbons (Fsp3) is 0.875. The average molecular weight is 207 g/mol. The molecule has 0 aliphatic rings. The number of sulfone groups is 1. The molecule has 0 rings (SSSR count). The lowest BCUT2D eigenvalue weighted by atomic mass is 10.2. The van der Waals surface area contributed by atoms with E-state index in [4.69, 9.17) is 0 Å². The number of hydrogen-bond donors (Lipinski definition) is 1. The summed E-state index contributed by atoms with van der Waals surface area (Å²) >= 11 is 0. The summed E-state index contributed by atoms with van der Waals surface area (Å²) in [7, 11) is -2.99. The third kappa shape index (κ3) is 9.49. The van der Waals surface area contributed by atoms with Crippen molar-refractivity contribution in [3.05, 3.63) is 0 Å². The number of carbonyl (C=O) groups excluding carboxylic acids is 1. The van der Waals surface area contributed by atoms with Crippen LogP contribution in [0.15, 0.2) is 0 Å². The van der Waals surface area contributed by atoms with Gasteiger partial charge in [-0.25, -0.2) is 8.42 Å². The van der Waals surface area contributed by atoms with Gasteiger partial charge in [0.15, 0.2) is 0 Å². The molecule has 0 heterocycles. The monoisotopic (exact) mass is 207 g/mol. The SMILES string of the molecule is CCNCCC(=O)CCS(C)(=O)=O. The summed E-state index contributed by atoms with van der Waals surface area (Å²) in [6, 6.07) is 0. The van der Waals surface area contributed by atoms with Crippen LogP contribution in [-0.4, -0.2) is 39.3 Å². The molecule has 0 fully saturated rings. The quantitative estimate of drug-likeness (QED) is 0.596. The Hall–Kier alpha value is -0.420. The molecule has 0 aliphatic carbocycles. The van der Waals surface area contributed by atoms with E-state index in [1.165, 1.54) is 0 Å². The van der Waals surface area contributed by atoms with Crippen LogP contribution in [0, 0.1) is 0 Å². The zero-order valence-electron chi connectivity index (χ0n) is 8.17. The van der Waals surface area contributed by atoms with E-state index in [0.717, 1.165) is 12.8 Å². The first kappa shape index (κ1) is 12.6. The molecular formula is C8H17NO3S. The third-order valence-electron chi connectivity index (χ3n) is 1.58. The second kappa shape index (κ2) is 6.10. The van der Waals surface area contributed by atoms with Crippen molar-refractivity contribution >= 4 is 15.6 Å². The Bertz CT molecular complexity index is 246. The van der Waals surface area contributed by atoms with Crippen molar-refractivity contribution in [2.75, 3.05) is 25.1 Å². The van der Waals surface area contributed by atoms with E-state index in [9.17, 15) is 13.2 Å². The molecule has 0 unspecified atom stereocenters. The Labute approximate surface area is 79.6 Å². The van der Waals surface area contributed by atoms with Gasteiger partial charge in [0.05, 0.1) is 5.75 Å². The van der Waals surface area contributed by atoms with Crippen LogP contribution in [-0.2, 0) is 14.6 Å². The predicted octanol–water partition coefficient (Wildman–Crippen LogP) is -0.0102. The zero-order valence-corrected chi connectivity index (χ0v) is 8.99. The van der Waals surface area contributed by atoms with Crippen molar-refractivity contribution in [1.82, 2.24) is 5.32 Å². The van der Waals surface area contributed by atoms with E-state index < -0.39 is 9.84 Å². The van der Waals surface area contributed by atoms with Gasteiger partial charge in [-0.15, -0.1) is 0 Å². The summed E-state index contributed by atoms with van der Waals surface area (Å²) in [6.07, 6.45) is 1.71. The maximum atomic E-state index is 11.1. The molecular weight excluding hydrogens is 190 g/mol. The van der Waals surface area contributed by atoms with Gasteiger partial charge in [0.1, 0.15) is 15.6 Å². The second-order valence-electron chi connectivity index (χ2n) is 3.02. The molecule has 0 atom stereocenters. The Balaban J connectivity index is 3.53. The van der Waals surface area contributed by atoms with Crippen molar-refractivity contribution in [3.8, 4) is 0 Å². The van der Waals surface area contributed by atoms with E-state index in [-0.39, 0.29) is 18.0 Å². The lowest BCUT2D eigenvalue weighted by molar-refractivity contribution is -0.118. The Morgan fingerprint density at radius 3 is 2.38 bits per heavy atom. The van der Waals surface area contributed by atoms with Crippen LogP contribution in [0.1, 0.15) is 19.8 Å². The number of Topliss-reactive ketones (excluding diaryl/α,β-unsaturated/α-hetero) is 1. The summed E-state index contributed by atoms with van der Waals surface area (Å²) in [5.74, 6) is -0.0239. The molecule has 0 aromatic heterocycles. The normalized spacial score (nSPS) is 11.5. The highest BCUT2D eigenvalue weighted by molar-refractivity contribution is 7.90. The molecule has 0 aromatic carbocycles. The fourth-order valence-corrected chi connectivity index (χ4v) is 1.43. The minimum atomic E-state index is -2.99. The lowest BCUT2D eigenvalue weighted by Crippen LogP contribution is -2.18. The van der Waals surface area contributed by atoms with Crippen LogP contribution in [0.25, 0.3) is 0 Å². The van der Waals surface area contributed by atoms with Crippen LogP contribution >= 0.6 is 0 Å². The van der Waals surface area contributed by atoms with Gasteiger partial charge in [0.2, 0.25) is 0 Å². The molecule has 0 saturated heterocycles. The molecule has 0 bridgehead atoms. The van der Waals surface area contributed by atoms with Gasteiger partial charge < -0.3 is 5.32 Å². The molecule has 0 spiro atoms. The largest absolute Gasteiger partial charge is 0.317 e. The lowest BCUT2D eigenvalue weighted by Gasteiger charge is -2.00. The fourth-order valence-electron chi connectivity index (χ4n) is 0.829. The van der Waals surface area contributed by atoms with Gasteiger partial charge in [-0.2, -0.15) is 0 Å². The van der Waals surface area contributed by atoms with E-state index in [1.54, 1.807) is 0 Å². The first-order valence-electron chi connectivity index (χ1n) is 4.36. The summed E-state index contributed by atoms with van der Waals surface area (Å²) in [4.78, 5) is 11.1. The first-order valence-corrected chi connectivity index (χ1v) is 6.42. The molecule has 78 valence electrons. The predicted molar refractivity (Wildman–Crippen MR) is 52.5 cm³/mol. The van der Waals surface area contributed by atoms with Gasteiger partial charge in [-0.3, -0.25) is 4.79 Å². The zero-order chi connectivity index (χ0) is 10.3. The van der Waals surface area contributed by atoms with Crippen molar-refractivity contribution in [3.63, 3.8) is 0 Å². The van der Waals surface area contributed by atoms with Crippen molar-refractivity contribution in [2.24, 2.45) is 0 Å². The highest BCUT2D eigenvalue weighted by atomic mass is 32.2. The van der Waals surface area contributed by atoms with Crippen molar-refractivity contribution in [2.45, 2.75) is 19.8 Å². The molecule has 0 aliphatic heterocycles. The highest BCUT2D eigenvalue weighted by Crippen LogP contribution is 1.93. The first-order chi connectivity index (χ1) is 5.95. The molecule has 0 aromatic rings. The maximum absolute atomic E-state index is 11.1. The minimum Gasteiger partial charge on any atom is -0.317 e. The molecule has 0 radical (unpaired) electrons. The third-order valence-corrected chi connectivity index (χ3v) is 2.53. The van der Waals surface area contributed by atoms with Crippen LogP contribution < -0.4 is 5.32 Å². The van der Waals surface area contributed by atoms with Crippen molar-refractivity contribution < 1.29 is 13.2 Å². The average Bonchev–Trinajstić information content (AvgIpc) is 2.00. The minimum absolute atomic E-state index is 0.00590. The Kier molecular flexibility index (Phi) is 5.90. The van der Waals surface area contributed by atoms with Crippen LogP contribution in [0.3, 0.4) is 0 Å².